The number of carbonyl (C=O) groups is 1. The predicted molar refractivity (Wildman–Crippen MR) is 106 cm³/mol. The lowest BCUT2D eigenvalue weighted by Gasteiger charge is -2.19. The molecule has 0 spiro atoms. The summed E-state index contributed by atoms with van der Waals surface area (Å²) in [6, 6.07) is 15.6. The maximum absolute atomic E-state index is 12.1. The van der Waals surface area contributed by atoms with Crippen molar-refractivity contribution in [3.63, 3.8) is 0 Å². The maximum Gasteiger partial charge on any atom is 0.243 e. The number of amides is 1. The molecular weight excluding hydrogens is 340 g/mol. The van der Waals surface area contributed by atoms with Gasteiger partial charge < -0.3 is 9.47 Å². The summed E-state index contributed by atoms with van der Waals surface area (Å²) in [7, 11) is 1.61. The topological polar surface area (TPSA) is 59.9 Å². The fourth-order valence-electron chi connectivity index (χ4n) is 3.25. The molecule has 0 bridgehead atoms. The summed E-state index contributed by atoms with van der Waals surface area (Å²) < 4.78 is 11.3. The predicted octanol–water partition coefficient (Wildman–Crippen LogP) is 4.30. The van der Waals surface area contributed by atoms with E-state index in [0.717, 1.165) is 36.8 Å². The van der Waals surface area contributed by atoms with Gasteiger partial charge in [-0.1, -0.05) is 49.6 Å². The van der Waals surface area contributed by atoms with Gasteiger partial charge in [0.05, 0.1) is 13.3 Å². The van der Waals surface area contributed by atoms with Gasteiger partial charge in [-0.15, -0.1) is 0 Å². The van der Waals surface area contributed by atoms with Gasteiger partial charge in [0.2, 0.25) is 5.91 Å². The third-order valence-electron chi connectivity index (χ3n) is 4.79. The van der Waals surface area contributed by atoms with Crippen LogP contribution in [0, 0.1) is 5.92 Å². The Kier molecular flexibility index (Phi) is 6.85. The third kappa shape index (κ3) is 5.58. The van der Waals surface area contributed by atoms with E-state index in [2.05, 4.69) is 10.5 Å². The van der Waals surface area contributed by atoms with E-state index < -0.39 is 0 Å². The normalized spacial score (nSPS) is 14.9. The van der Waals surface area contributed by atoms with E-state index >= 15 is 0 Å². The Hall–Kier alpha value is -2.82. The Morgan fingerprint density at radius 3 is 2.63 bits per heavy atom. The van der Waals surface area contributed by atoms with Gasteiger partial charge in [0.25, 0.3) is 0 Å². The van der Waals surface area contributed by atoms with E-state index in [1.165, 1.54) is 6.42 Å². The second kappa shape index (κ2) is 9.76. The van der Waals surface area contributed by atoms with Crippen LogP contribution in [-0.4, -0.2) is 19.2 Å². The number of carbonyl (C=O) groups excluding carboxylic acids is 1. The van der Waals surface area contributed by atoms with E-state index in [9.17, 15) is 4.79 Å². The number of hydrogen-bond donors (Lipinski definition) is 1. The number of methoxy groups -OCH3 is 1. The van der Waals surface area contributed by atoms with Crippen LogP contribution in [0.25, 0.3) is 0 Å². The summed E-state index contributed by atoms with van der Waals surface area (Å²) in [4.78, 5) is 12.1. The van der Waals surface area contributed by atoms with Gasteiger partial charge in [0, 0.05) is 5.92 Å². The monoisotopic (exact) mass is 366 g/mol. The average molecular weight is 366 g/mol. The van der Waals surface area contributed by atoms with Crippen molar-refractivity contribution in [3.05, 3.63) is 59.7 Å². The van der Waals surface area contributed by atoms with Crippen molar-refractivity contribution >= 4 is 12.1 Å². The van der Waals surface area contributed by atoms with Crippen LogP contribution < -0.4 is 14.9 Å². The molecule has 1 aliphatic carbocycles. The summed E-state index contributed by atoms with van der Waals surface area (Å²) in [5, 5.41) is 4.09. The fraction of sp³-hybridized carbons (Fsp3) is 0.364. The Labute approximate surface area is 160 Å². The lowest BCUT2D eigenvalue weighted by Crippen LogP contribution is -2.28. The standard InChI is InChI=1S/C22H26N2O3/c1-26-21-14-18(15-23-24-22(25)19-10-6-3-7-11-19)12-13-20(21)27-16-17-8-4-2-5-9-17/h2,4-5,8-9,12-15,19H,3,6-7,10-11,16H2,1H3,(H,24,25)/b23-15-. The molecule has 0 saturated heterocycles. The average Bonchev–Trinajstić information content (AvgIpc) is 2.74. The van der Waals surface area contributed by atoms with E-state index in [-0.39, 0.29) is 11.8 Å². The van der Waals surface area contributed by atoms with Crippen LogP contribution in [0.4, 0.5) is 0 Å². The number of hydrogen-bond acceptors (Lipinski definition) is 4. The number of benzene rings is 2. The largest absolute Gasteiger partial charge is 0.493 e. The van der Waals surface area contributed by atoms with Crippen molar-refractivity contribution in [2.45, 2.75) is 38.7 Å². The molecule has 5 heteroatoms. The van der Waals surface area contributed by atoms with Crippen molar-refractivity contribution in [3.8, 4) is 11.5 Å². The van der Waals surface area contributed by atoms with Crippen LogP contribution in [0.15, 0.2) is 53.6 Å². The highest BCUT2D eigenvalue weighted by molar-refractivity contribution is 5.84. The SMILES string of the molecule is COc1cc(/C=N\NC(=O)C2CCCCC2)ccc1OCc1ccccc1. The van der Waals surface area contributed by atoms with Gasteiger partial charge in [-0.2, -0.15) is 5.10 Å². The molecule has 1 amide bonds. The molecule has 142 valence electrons. The first kappa shape index (κ1) is 19.0. The third-order valence-corrected chi connectivity index (χ3v) is 4.79. The molecule has 3 rings (SSSR count). The molecule has 1 saturated carbocycles. The van der Waals surface area contributed by atoms with Crippen LogP contribution >= 0.6 is 0 Å². The molecule has 5 nitrogen and oxygen atoms in total. The molecule has 1 fully saturated rings. The van der Waals surface area contributed by atoms with E-state index in [4.69, 9.17) is 9.47 Å². The number of ether oxygens (including phenoxy) is 2. The lowest BCUT2D eigenvalue weighted by molar-refractivity contribution is -0.125. The van der Waals surface area contributed by atoms with Crippen LogP contribution in [-0.2, 0) is 11.4 Å². The number of nitrogens with zero attached hydrogens (tertiary/aromatic N) is 1. The molecule has 1 aliphatic rings. The van der Waals surface area contributed by atoms with Crippen molar-refractivity contribution in [1.29, 1.82) is 0 Å². The van der Waals surface area contributed by atoms with Crippen LogP contribution in [0.1, 0.15) is 43.2 Å². The molecular formula is C22H26N2O3. The minimum Gasteiger partial charge on any atom is -0.493 e. The summed E-state index contributed by atoms with van der Waals surface area (Å²) in [5.41, 5.74) is 4.59. The minimum absolute atomic E-state index is 0.0146. The minimum atomic E-state index is 0.0146. The molecule has 0 radical (unpaired) electrons. The zero-order valence-electron chi connectivity index (χ0n) is 15.7. The molecule has 0 unspecified atom stereocenters. The Morgan fingerprint density at radius 1 is 1.11 bits per heavy atom. The fourth-order valence-corrected chi connectivity index (χ4v) is 3.25. The summed E-state index contributed by atoms with van der Waals surface area (Å²) in [6.07, 6.45) is 7.04. The molecule has 1 N–H and O–H groups in total. The molecule has 2 aromatic carbocycles. The number of hydrazone groups is 1. The molecule has 0 aromatic heterocycles. The van der Waals surface area contributed by atoms with E-state index in [0.29, 0.717) is 18.1 Å². The lowest BCUT2D eigenvalue weighted by atomic mass is 9.89. The highest BCUT2D eigenvalue weighted by Gasteiger charge is 2.20. The van der Waals surface area contributed by atoms with Crippen molar-refractivity contribution in [2.75, 3.05) is 7.11 Å². The molecule has 0 atom stereocenters. The Morgan fingerprint density at radius 2 is 1.89 bits per heavy atom. The first-order valence-corrected chi connectivity index (χ1v) is 9.44. The van der Waals surface area contributed by atoms with Crippen molar-refractivity contribution in [1.82, 2.24) is 5.43 Å². The van der Waals surface area contributed by atoms with Crippen molar-refractivity contribution in [2.24, 2.45) is 11.0 Å². The molecule has 27 heavy (non-hydrogen) atoms. The second-order valence-electron chi connectivity index (χ2n) is 6.75. The summed E-state index contributed by atoms with van der Waals surface area (Å²) >= 11 is 0. The summed E-state index contributed by atoms with van der Waals surface area (Å²) in [6.45, 7) is 0.474. The van der Waals surface area contributed by atoms with Crippen LogP contribution in [0.2, 0.25) is 0 Å². The first-order valence-electron chi connectivity index (χ1n) is 9.44. The van der Waals surface area contributed by atoms with Crippen molar-refractivity contribution < 1.29 is 14.3 Å². The Bertz CT molecular complexity index is 768. The van der Waals surface area contributed by atoms with E-state index in [1.807, 2.05) is 48.5 Å². The van der Waals surface area contributed by atoms with Gasteiger partial charge >= 0.3 is 0 Å². The smallest absolute Gasteiger partial charge is 0.243 e. The van der Waals surface area contributed by atoms with Gasteiger partial charge in [0.1, 0.15) is 6.61 Å². The molecule has 2 aromatic rings. The van der Waals surface area contributed by atoms with Gasteiger partial charge in [0.15, 0.2) is 11.5 Å². The quantitative estimate of drug-likeness (QED) is 0.587. The second-order valence-corrected chi connectivity index (χ2v) is 6.75. The van der Waals surface area contributed by atoms with Crippen LogP contribution in [0.3, 0.4) is 0 Å². The van der Waals surface area contributed by atoms with Gasteiger partial charge in [-0.3, -0.25) is 4.79 Å². The van der Waals surface area contributed by atoms with Gasteiger partial charge in [-0.05, 0) is 42.2 Å². The molecule has 0 aliphatic heterocycles. The maximum atomic E-state index is 12.1. The number of nitrogens with one attached hydrogen (secondary N) is 1. The van der Waals surface area contributed by atoms with E-state index in [1.54, 1.807) is 13.3 Å². The van der Waals surface area contributed by atoms with Gasteiger partial charge in [-0.25, -0.2) is 5.43 Å². The zero-order chi connectivity index (χ0) is 18.9. The highest BCUT2D eigenvalue weighted by atomic mass is 16.5. The molecule has 0 heterocycles. The number of rotatable bonds is 7. The zero-order valence-corrected chi connectivity index (χ0v) is 15.7. The Balaban J connectivity index is 1.57. The first-order chi connectivity index (χ1) is 13.3. The highest BCUT2D eigenvalue weighted by Crippen LogP contribution is 2.28. The van der Waals surface area contributed by atoms with Crippen LogP contribution in [0.5, 0.6) is 11.5 Å². The summed E-state index contributed by atoms with van der Waals surface area (Å²) in [5.74, 6) is 1.41.